The Balaban J connectivity index is 2.12. The molecule has 138 valence electrons. The van der Waals surface area contributed by atoms with Crippen molar-refractivity contribution in [2.75, 3.05) is 6.61 Å². The zero-order valence-electron chi connectivity index (χ0n) is 14.6. The molecule has 0 aliphatic heterocycles. The van der Waals surface area contributed by atoms with E-state index in [0.717, 1.165) is 0 Å². The van der Waals surface area contributed by atoms with E-state index >= 15 is 0 Å². The number of aromatic hydroxyl groups is 1. The number of aromatic amines is 1. The second-order valence-electron chi connectivity index (χ2n) is 5.80. The van der Waals surface area contributed by atoms with Gasteiger partial charge in [-0.05, 0) is 48.9 Å². The standard InChI is InChI=1S/C20H18N2O5/c1-3-27-18-10-13(7-8-17(18)23)9-16-12(2)21-22(19(16)24)15-6-4-5-14(11-15)20(25)26/h4-11,21,23H,2-3H2,1H3,(H,25,26)/b16-9+. The van der Waals surface area contributed by atoms with Gasteiger partial charge in [-0.3, -0.25) is 9.89 Å². The van der Waals surface area contributed by atoms with E-state index in [1.54, 1.807) is 37.3 Å². The molecule has 0 aliphatic rings. The fourth-order valence-corrected chi connectivity index (χ4v) is 2.66. The Labute approximate surface area is 154 Å². The Morgan fingerprint density at radius 2 is 2.07 bits per heavy atom. The van der Waals surface area contributed by atoms with Crippen molar-refractivity contribution in [3.63, 3.8) is 0 Å². The minimum Gasteiger partial charge on any atom is -0.504 e. The summed E-state index contributed by atoms with van der Waals surface area (Å²) in [5, 5.41) is 22.5. The quantitative estimate of drug-likeness (QED) is 0.630. The smallest absolute Gasteiger partial charge is 0.335 e. The van der Waals surface area contributed by atoms with E-state index in [4.69, 9.17) is 9.84 Å². The summed E-state index contributed by atoms with van der Waals surface area (Å²) in [7, 11) is 0. The molecule has 0 bridgehead atoms. The lowest BCUT2D eigenvalue weighted by atomic mass is 10.1. The van der Waals surface area contributed by atoms with E-state index < -0.39 is 5.97 Å². The van der Waals surface area contributed by atoms with E-state index in [1.165, 1.54) is 22.9 Å². The Morgan fingerprint density at radius 1 is 1.30 bits per heavy atom. The van der Waals surface area contributed by atoms with Crippen LogP contribution in [0.15, 0.2) is 47.3 Å². The molecule has 1 aromatic heterocycles. The second-order valence-corrected chi connectivity index (χ2v) is 5.80. The van der Waals surface area contributed by atoms with Crippen LogP contribution in [-0.2, 0) is 0 Å². The SMILES string of the molecule is C=c1[nH]n(-c2cccc(C(=O)O)c2)c(=O)/c1=C/c1ccc(O)c(OCC)c1. The van der Waals surface area contributed by atoms with Crippen molar-refractivity contribution < 1.29 is 19.7 Å². The topological polar surface area (TPSA) is 105 Å². The van der Waals surface area contributed by atoms with Crippen molar-refractivity contribution in [3.8, 4) is 17.2 Å². The summed E-state index contributed by atoms with van der Waals surface area (Å²) in [6, 6.07) is 10.8. The molecule has 1 heterocycles. The highest BCUT2D eigenvalue weighted by molar-refractivity contribution is 5.88. The number of hydrogen-bond donors (Lipinski definition) is 3. The lowest BCUT2D eigenvalue weighted by Gasteiger charge is -2.05. The number of nitrogens with one attached hydrogen (secondary N) is 1. The number of carboxylic acids is 1. The van der Waals surface area contributed by atoms with Crippen LogP contribution >= 0.6 is 0 Å². The van der Waals surface area contributed by atoms with Gasteiger partial charge >= 0.3 is 5.97 Å². The molecule has 0 saturated heterocycles. The molecule has 0 atom stereocenters. The molecule has 0 fully saturated rings. The molecule has 7 heteroatoms. The number of carbonyl (C=O) groups is 1. The van der Waals surface area contributed by atoms with Gasteiger partial charge in [-0.2, -0.15) is 0 Å². The fourth-order valence-electron chi connectivity index (χ4n) is 2.66. The average Bonchev–Trinajstić information content (AvgIpc) is 2.93. The number of ether oxygens (including phenoxy) is 1. The minimum atomic E-state index is -1.08. The molecule has 2 aromatic carbocycles. The van der Waals surface area contributed by atoms with E-state index in [0.29, 0.717) is 34.2 Å². The Kier molecular flexibility index (Phi) is 4.85. The summed E-state index contributed by atoms with van der Waals surface area (Å²) in [5.74, 6) is -0.742. The van der Waals surface area contributed by atoms with Crippen LogP contribution in [0, 0.1) is 0 Å². The summed E-state index contributed by atoms with van der Waals surface area (Å²) >= 11 is 0. The molecular weight excluding hydrogens is 348 g/mol. The van der Waals surface area contributed by atoms with Crippen LogP contribution < -0.4 is 20.9 Å². The zero-order valence-corrected chi connectivity index (χ0v) is 14.6. The molecule has 0 aliphatic carbocycles. The highest BCUT2D eigenvalue weighted by atomic mass is 16.5. The van der Waals surface area contributed by atoms with Gasteiger partial charge in [0.25, 0.3) is 5.56 Å². The van der Waals surface area contributed by atoms with Gasteiger partial charge in [-0.25, -0.2) is 9.48 Å². The first-order chi connectivity index (χ1) is 12.9. The maximum absolute atomic E-state index is 12.8. The number of H-pyrrole nitrogens is 1. The number of aromatic carboxylic acids is 1. The number of nitrogens with zero attached hydrogens (tertiary/aromatic N) is 1. The van der Waals surface area contributed by atoms with Crippen LogP contribution in [0.4, 0.5) is 0 Å². The van der Waals surface area contributed by atoms with Crippen LogP contribution in [0.3, 0.4) is 0 Å². The summed E-state index contributed by atoms with van der Waals surface area (Å²) in [4.78, 5) is 23.9. The van der Waals surface area contributed by atoms with Crippen molar-refractivity contribution in [2.24, 2.45) is 0 Å². The van der Waals surface area contributed by atoms with Crippen molar-refractivity contribution in [1.29, 1.82) is 0 Å². The van der Waals surface area contributed by atoms with E-state index in [-0.39, 0.29) is 16.9 Å². The largest absolute Gasteiger partial charge is 0.504 e. The summed E-state index contributed by atoms with van der Waals surface area (Å²) in [6.07, 6.45) is 1.63. The van der Waals surface area contributed by atoms with Crippen molar-refractivity contribution in [3.05, 3.63) is 74.5 Å². The Morgan fingerprint density at radius 3 is 2.78 bits per heavy atom. The maximum Gasteiger partial charge on any atom is 0.335 e. The van der Waals surface area contributed by atoms with Crippen LogP contribution in [0.2, 0.25) is 0 Å². The van der Waals surface area contributed by atoms with Gasteiger partial charge in [-0.15, -0.1) is 0 Å². The van der Waals surface area contributed by atoms with Crippen molar-refractivity contribution in [2.45, 2.75) is 6.92 Å². The van der Waals surface area contributed by atoms with Crippen molar-refractivity contribution in [1.82, 2.24) is 9.78 Å². The predicted molar refractivity (Wildman–Crippen MR) is 101 cm³/mol. The maximum atomic E-state index is 12.8. The van der Waals surface area contributed by atoms with Crippen molar-refractivity contribution >= 4 is 18.6 Å². The van der Waals surface area contributed by atoms with Crippen LogP contribution in [0.5, 0.6) is 11.5 Å². The van der Waals surface area contributed by atoms with Gasteiger partial charge in [0.15, 0.2) is 11.5 Å². The third kappa shape index (κ3) is 3.62. The summed E-state index contributed by atoms with van der Waals surface area (Å²) in [5.41, 5.74) is 0.757. The van der Waals surface area contributed by atoms with Crippen LogP contribution in [0.25, 0.3) is 18.3 Å². The van der Waals surface area contributed by atoms with E-state index in [1.807, 2.05) is 0 Å². The molecule has 7 nitrogen and oxygen atoms in total. The molecule has 0 spiro atoms. The number of phenolic OH excluding ortho intramolecular Hbond substituents is 1. The highest BCUT2D eigenvalue weighted by Gasteiger charge is 2.09. The summed E-state index contributed by atoms with van der Waals surface area (Å²) in [6.45, 7) is 6.06. The third-order valence-electron chi connectivity index (χ3n) is 3.95. The molecule has 3 aromatic rings. The number of aromatic nitrogens is 2. The highest BCUT2D eigenvalue weighted by Crippen LogP contribution is 2.26. The normalized spacial score (nSPS) is 11.5. The molecule has 3 N–H and O–H groups in total. The predicted octanol–water partition coefficient (Wildman–Crippen LogP) is 1.21. The van der Waals surface area contributed by atoms with Gasteiger partial charge in [0.05, 0.1) is 28.4 Å². The van der Waals surface area contributed by atoms with Gasteiger partial charge in [0.2, 0.25) is 0 Å². The number of rotatable bonds is 5. The number of hydrogen-bond acceptors (Lipinski definition) is 4. The van der Waals surface area contributed by atoms with Gasteiger partial charge in [-0.1, -0.05) is 18.7 Å². The lowest BCUT2D eigenvalue weighted by Crippen LogP contribution is -2.34. The molecule has 0 amide bonds. The second kappa shape index (κ2) is 7.25. The van der Waals surface area contributed by atoms with Gasteiger partial charge in [0, 0.05) is 0 Å². The van der Waals surface area contributed by atoms with Gasteiger partial charge < -0.3 is 14.9 Å². The summed E-state index contributed by atoms with van der Waals surface area (Å²) < 4.78 is 6.59. The van der Waals surface area contributed by atoms with Crippen LogP contribution in [0.1, 0.15) is 22.8 Å². The average molecular weight is 366 g/mol. The number of carboxylic acid groups (broad SMARTS) is 1. The Bertz CT molecular complexity index is 1170. The molecular formula is C20H18N2O5. The first-order valence-electron chi connectivity index (χ1n) is 8.22. The number of benzene rings is 2. The van der Waals surface area contributed by atoms with E-state index in [9.17, 15) is 14.7 Å². The van der Waals surface area contributed by atoms with Gasteiger partial charge in [0.1, 0.15) is 0 Å². The molecule has 3 rings (SSSR count). The monoisotopic (exact) mass is 366 g/mol. The molecule has 0 saturated carbocycles. The van der Waals surface area contributed by atoms with E-state index in [2.05, 4.69) is 11.7 Å². The Hall–Kier alpha value is -3.74. The number of phenols is 1. The molecule has 27 heavy (non-hydrogen) atoms. The molecule has 0 unspecified atom stereocenters. The lowest BCUT2D eigenvalue weighted by molar-refractivity contribution is 0.0697. The zero-order chi connectivity index (χ0) is 19.6. The van der Waals surface area contributed by atoms with Crippen LogP contribution in [-0.4, -0.2) is 32.6 Å². The first kappa shape index (κ1) is 18.1. The third-order valence-corrected chi connectivity index (χ3v) is 3.95. The molecule has 0 radical (unpaired) electrons. The first-order valence-corrected chi connectivity index (χ1v) is 8.22. The fraction of sp³-hybridized carbons (Fsp3) is 0.100. The minimum absolute atomic E-state index is 0.0146.